The number of hydrogen-bond acceptors (Lipinski definition) is 6. The number of fused-ring (bicyclic) bond motifs is 6. The second-order valence-electron chi connectivity index (χ2n) is 10.7. The minimum atomic E-state index is -1.00. The van der Waals surface area contributed by atoms with Crippen molar-refractivity contribution in [2.24, 2.45) is 34.5 Å². The maximum absolute atomic E-state index is 13.0. The van der Waals surface area contributed by atoms with Crippen LogP contribution in [0.15, 0.2) is 11.6 Å². The van der Waals surface area contributed by atoms with E-state index in [4.69, 9.17) is 9.47 Å². The Morgan fingerprint density at radius 2 is 1.83 bits per heavy atom. The van der Waals surface area contributed by atoms with Crippen LogP contribution in [0.2, 0.25) is 0 Å². The van der Waals surface area contributed by atoms with Crippen molar-refractivity contribution in [3.05, 3.63) is 11.6 Å². The van der Waals surface area contributed by atoms with Gasteiger partial charge in [-0.2, -0.15) is 0 Å². The van der Waals surface area contributed by atoms with Crippen molar-refractivity contribution in [3.8, 4) is 0 Å². The Bertz CT molecular complexity index is 847. The first-order chi connectivity index (χ1) is 14.2. The number of methoxy groups -OCH3 is 1. The number of rotatable bonds is 1. The Morgan fingerprint density at radius 3 is 2.50 bits per heavy atom. The molecule has 3 saturated carbocycles. The SMILES string of the molecule is COC(=O)C1[C@@H]2C(CC[C@@]3(C)C2CC[C@@]32CCC(=O)O2)[C@@]2(C)CCC(=O)C=C2[C@@H]1O. The summed E-state index contributed by atoms with van der Waals surface area (Å²) in [5.74, 6) is -0.821. The molecule has 4 fully saturated rings. The van der Waals surface area contributed by atoms with Crippen molar-refractivity contribution in [1.82, 2.24) is 0 Å². The van der Waals surface area contributed by atoms with Crippen LogP contribution < -0.4 is 0 Å². The van der Waals surface area contributed by atoms with Gasteiger partial charge in [-0.25, -0.2) is 0 Å². The third-order valence-electron chi connectivity index (χ3n) is 9.90. The van der Waals surface area contributed by atoms with Crippen molar-refractivity contribution in [3.63, 3.8) is 0 Å². The quantitative estimate of drug-likeness (QED) is 0.661. The van der Waals surface area contributed by atoms with E-state index in [0.717, 1.165) is 37.7 Å². The van der Waals surface area contributed by atoms with Gasteiger partial charge in [-0.3, -0.25) is 14.4 Å². The molecule has 4 aliphatic carbocycles. The fourth-order valence-electron chi connectivity index (χ4n) is 8.32. The molecule has 0 amide bonds. The minimum Gasteiger partial charge on any atom is -0.469 e. The van der Waals surface area contributed by atoms with Crippen LogP contribution >= 0.6 is 0 Å². The molecule has 164 valence electrons. The summed E-state index contributed by atoms with van der Waals surface area (Å²) in [4.78, 5) is 37.2. The Labute approximate surface area is 177 Å². The van der Waals surface area contributed by atoms with Gasteiger partial charge in [0.15, 0.2) is 5.78 Å². The van der Waals surface area contributed by atoms with E-state index in [1.807, 2.05) is 0 Å². The Hall–Kier alpha value is -1.69. The molecule has 0 bridgehead atoms. The van der Waals surface area contributed by atoms with Crippen LogP contribution in [0.25, 0.3) is 0 Å². The average molecular weight is 417 g/mol. The lowest BCUT2D eigenvalue weighted by Crippen LogP contribution is -2.61. The molecule has 0 aromatic heterocycles. The Balaban J connectivity index is 1.61. The van der Waals surface area contributed by atoms with Gasteiger partial charge < -0.3 is 14.6 Å². The van der Waals surface area contributed by atoms with Gasteiger partial charge in [0.2, 0.25) is 0 Å². The molecule has 0 aromatic carbocycles. The highest BCUT2D eigenvalue weighted by molar-refractivity contribution is 5.92. The first-order valence-corrected chi connectivity index (χ1v) is 11.4. The van der Waals surface area contributed by atoms with E-state index in [1.165, 1.54) is 7.11 Å². The average Bonchev–Trinajstić information content (AvgIpc) is 3.23. The predicted molar refractivity (Wildman–Crippen MR) is 107 cm³/mol. The van der Waals surface area contributed by atoms with E-state index in [-0.39, 0.29) is 40.3 Å². The summed E-state index contributed by atoms with van der Waals surface area (Å²) in [6.45, 7) is 4.40. The first kappa shape index (κ1) is 20.2. The predicted octanol–water partition coefficient (Wildman–Crippen LogP) is 2.96. The second kappa shape index (κ2) is 6.41. The van der Waals surface area contributed by atoms with Gasteiger partial charge in [0.1, 0.15) is 5.60 Å². The standard InChI is InChI=1S/C24H32O6/c1-22-8-4-13(25)12-16(22)20(27)19(21(28)29-3)18-14(22)5-9-23(2)15(18)6-10-24(23)11-7-17(26)30-24/h12,14-15,18-20,27H,4-11H2,1-3H3/t14?,15?,18-,19?,20+,22-,23+,24-/m1/s1. The number of carbonyl (C=O) groups excluding carboxylic acids is 3. The van der Waals surface area contributed by atoms with Crippen molar-refractivity contribution in [2.75, 3.05) is 7.11 Å². The number of ketones is 1. The summed E-state index contributed by atoms with van der Waals surface area (Å²) in [6, 6.07) is 0. The summed E-state index contributed by atoms with van der Waals surface area (Å²) >= 11 is 0. The molecule has 1 heterocycles. The van der Waals surface area contributed by atoms with Crippen molar-refractivity contribution in [2.45, 2.75) is 76.9 Å². The number of carbonyl (C=O) groups is 3. The molecule has 30 heavy (non-hydrogen) atoms. The van der Waals surface area contributed by atoms with Crippen LogP contribution in [0, 0.1) is 34.5 Å². The molecular weight excluding hydrogens is 384 g/mol. The summed E-state index contributed by atoms with van der Waals surface area (Å²) < 4.78 is 11.2. The first-order valence-electron chi connectivity index (χ1n) is 11.4. The molecule has 1 saturated heterocycles. The summed E-state index contributed by atoms with van der Waals surface area (Å²) in [7, 11) is 1.37. The number of ether oxygens (including phenoxy) is 2. The lowest BCUT2D eigenvalue weighted by molar-refractivity contribution is -0.185. The zero-order valence-electron chi connectivity index (χ0n) is 18.1. The summed E-state index contributed by atoms with van der Waals surface area (Å²) in [5, 5.41) is 11.4. The lowest BCUT2D eigenvalue weighted by Gasteiger charge is -2.61. The number of aliphatic hydroxyl groups is 1. The largest absolute Gasteiger partial charge is 0.469 e. The molecule has 0 aromatic rings. The maximum Gasteiger partial charge on any atom is 0.311 e. The highest BCUT2D eigenvalue weighted by Crippen LogP contribution is 2.70. The molecule has 5 aliphatic rings. The molecule has 1 N–H and O–H groups in total. The topological polar surface area (TPSA) is 89.9 Å². The molecule has 6 heteroatoms. The summed E-state index contributed by atoms with van der Waals surface area (Å²) in [5.41, 5.74) is -0.204. The van der Waals surface area contributed by atoms with Crippen LogP contribution in [0.3, 0.4) is 0 Å². The van der Waals surface area contributed by atoms with Gasteiger partial charge in [0.05, 0.1) is 19.1 Å². The number of hydrogen-bond donors (Lipinski definition) is 1. The van der Waals surface area contributed by atoms with Gasteiger partial charge in [-0.05, 0) is 73.3 Å². The molecule has 3 unspecified atom stereocenters. The number of aliphatic hydroxyl groups excluding tert-OH is 1. The normalized spacial score (nSPS) is 49.7. The molecule has 6 nitrogen and oxygen atoms in total. The molecule has 1 spiro atoms. The van der Waals surface area contributed by atoms with Crippen molar-refractivity contribution >= 4 is 17.7 Å². The zero-order chi connectivity index (χ0) is 21.5. The van der Waals surface area contributed by atoms with Gasteiger partial charge in [0, 0.05) is 18.3 Å². The van der Waals surface area contributed by atoms with Crippen LogP contribution in [-0.2, 0) is 23.9 Å². The van der Waals surface area contributed by atoms with E-state index in [0.29, 0.717) is 19.3 Å². The van der Waals surface area contributed by atoms with E-state index in [9.17, 15) is 19.5 Å². The van der Waals surface area contributed by atoms with E-state index < -0.39 is 23.6 Å². The van der Waals surface area contributed by atoms with Crippen LogP contribution in [-0.4, -0.2) is 41.6 Å². The molecular formula is C24H32O6. The zero-order valence-corrected chi connectivity index (χ0v) is 18.1. The van der Waals surface area contributed by atoms with Gasteiger partial charge >= 0.3 is 11.9 Å². The smallest absolute Gasteiger partial charge is 0.311 e. The van der Waals surface area contributed by atoms with Gasteiger partial charge in [0.25, 0.3) is 0 Å². The molecule has 0 radical (unpaired) electrons. The van der Waals surface area contributed by atoms with Crippen molar-refractivity contribution in [1.29, 1.82) is 0 Å². The Morgan fingerprint density at radius 1 is 1.10 bits per heavy atom. The van der Waals surface area contributed by atoms with Crippen LogP contribution in [0.1, 0.15) is 65.2 Å². The van der Waals surface area contributed by atoms with Gasteiger partial charge in [-0.1, -0.05) is 13.8 Å². The van der Waals surface area contributed by atoms with Gasteiger partial charge in [-0.15, -0.1) is 0 Å². The van der Waals surface area contributed by atoms with Crippen molar-refractivity contribution < 1.29 is 29.0 Å². The highest BCUT2D eigenvalue weighted by atomic mass is 16.6. The van der Waals surface area contributed by atoms with E-state index in [1.54, 1.807) is 6.08 Å². The number of esters is 2. The molecule has 8 atom stereocenters. The molecule has 5 rings (SSSR count). The minimum absolute atomic E-state index is 0.0296. The highest BCUT2D eigenvalue weighted by Gasteiger charge is 2.70. The third-order valence-corrected chi connectivity index (χ3v) is 9.90. The lowest BCUT2D eigenvalue weighted by atomic mass is 9.43. The van der Waals surface area contributed by atoms with E-state index >= 15 is 0 Å². The fraction of sp³-hybridized carbons (Fsp3) is 0.792. The molecule has 1 aliphatic heterocycles. The third kappa shape index (κ3) is 2.37. The van der Waals surface area contributed by atoms with Crippen LogP contribution in [0.4, 0.5) is 0 Å². The summed E-state index contributed by atoms with van der Waals surface area (Å²) in [6.07, 6.45) is 6.57. The van der Waals surface area contributed by atoms with Crippen LogP contribution in [0.5, 0.6) is 0 Å². The second-order valence-corrected chi connectivity index (χ2v) is 10.7. The monoisotopic (exact) mass is 416 g/mol. The van der Waals surface area contributed by atoms with E-state index in [2.05, 4.69) is 13.8 Å². The Kier molecular flexibility index (Phi) is 4.32. The maximum atomic E-state index is 13.0. The fourth-order valence-corrected chi connectivity index (χ4v) is 8.32.